The number of nitrogens with one attached hydrogen (secondary N) is 1. The van der Waals surface area contributed by atoms with Crippen LogP contribution in [0.4, 0.5) is 5.69 Å². The fourth-order valence-electron chi connectivity index (χ4n) is 4.64. The molecule has 4 aromatic rings. The summed E-state index contributed by atoms with van der Waals surface area (Å²) in [5.41, 5.74) is 5.48. The zero-order valence-electron chi connectivity index (χ0n) is 22.8. The molecule has 1 aliphatic rings. The maximum atomic E-state index is 13.3. The molecule has 1 aromatic carbocycles. The third-order valence-corrected chi connectivity index (χ3v) is 6.81. The Kier molecular flexibility index (Phi) is 7.35. The second-order valence-corrected chi connectivity index (χ2v) is 10.7. The highest BCUT2D eigenvalue weighted by atomic mass is 16.3. The van der Waals surface area contributed by atoms with Gasteiger partial charge in [0.1, 0.15) is 11.9 Å². The number of nitrogens with zero attached hydrogens (tertiary/aromatic N) is 3. The molecule has 1 aliphatic carbocycles. The Balaban J connectivity index is 1.44. The van der Waals surface area contributed by atoms with E-state index in [0.29, 0.717) is 30.3 Å². The lowest BCUT2D eigenvalue weighted by Gasteiger charge is -2.15. The van der Waals surface area contributed by atoms with Gasteiger partial charge in [0.15, 0.2) is 5.69 Å². The van der Waals surface area contributed by atoms with Crippen LogP contribution in [0.5, 0.6) is 0 Å². The fraction of sp³-hybridized carbons (Fsp3) is 0.281. The number of anilines is 1. The van der Waals surface area contributed by atoms with Crippen molar-refractivity contribution >= 4 is 22.8 Å². The number of aryl methyl sites for hydroxylation is 1. The van der Waals surface area contributed by atoms with Crippen molar-refractivity contribution in [3.63, 3.8) is 0 Å². The van der Waals surface area contributed by atoms with Crippen molar-refractivity contribution in [2.45, 2.75) is 52.6 Å². The Labute approximate surface area is 228 Å². The lowest BCUT2D eigenvalue weighted by Crippen LogP contribution is -2.19. The van der Waals surface area contributed by atoms with Gasteiger partial charge in [-0.25, -0.2) is 9.97 Å². The molecule has 1 unspecified atom stereocenters. The molecule has 0 radical (unpaired) electrons. The lowest BCUT2D eigenvalue weighted by molar-refractivity contribution is 0.0711. The van der Waals surface area contributed by atoms with Gasteiger partial charge in [-0.2, -0.15) is 0 Å². The Bertz CT molecular complexity index is 1580. The first-order valence-electron chi connectivity index (χ1n) is 13.3. The van der Waals surface area contributed by atoms with Gasteiger partial charge >= 0.3 is 0 Å². The molecule has 1 amide bonds. The number of carbonyl (C=O) groups is 1. The monoisotopic (exact) mass is 522 g/mol. The third-order valence-electron chi connectivity index (χ3n) is 6.81. The molecule has 5 rings (SSSR count). The number of allylic oxidation sites excluding steroid dienone is 6. The summed E-state index contributed by atoms with van der Waals surface area (Å²) in [5.74, 6) is 0.410. The average molecular weight is 523 g/mol. The Morgan fingerprint density at radius 3 is 2.72 bits per heavy atom. The Hall–Kier alpha value is -4.23. The molecule has 1 atom stereocenters. The van der Waals surface area contributed by atoms with Crippen molar-refractivity contribution in [2.24, 2.45) is 5.92 Å². The number of hydrogen-bond acceptors (Lipinski definition) is 5. The first kappa shape index (κ1) is 26.4. The van der Waals surface area contributed by atoms with Gasteiger partial charge in [0.2, 0.25) is 5.89 Å². The van der Waals surface area contributed by atoms with Gasteiger partial charge in [-0.3, -0.25) is 4.79 Å². The van der Waals surface area contributed by atoms with Crippen LogP contribution in [-0.4, -0.2) is 31.0 Å². The SMILES string of the molecule is CCC1C=CC(c2nc(C(=O)Nc3cn4cc(CCC(C)(C)O)nc4cc3-c3ccccc3)co2)=CC(C)=C1. The molecule has 2 N–H and O–H groups in total. The van der Waals surface area contributed by atoms with Gasteiger partial charge in [-0.1, -0.05) is 61.1 Å². The molecule has 7 nitrogen and oxygen atoms in total. The van der Waals surface area contributed by atoms with Crippen molar-refractivity contribution < 1.29 is 14.3 Å². The Morgan fingerprint density at radius 1 is 1.18 bits per heavy atom. The maximum absolute atomic E-state index is 13.3. The van der Waals surface area contributed by atoms with Crippen molar-refractivity contribution in [3.8, 4) is 11.1 Å². The second kappa shape index (κ2) is 10.9. The quantitative estimate of drug-likeness (QED) is 0.263. The average Bonchev–Trinajstić information content (AvgIpc) is 3.51. The number of imidazole rings is 1. The molecule has 3 heterocycles. The first-order chi connectivity index (χ1) is 18.7. The number of hydrogen-bond donors (Lipinski definition) is 2. The number of pyridine rings is 1. The van der Waals surface area contributed by atoms with Crippen molar-refractivity contribution in [1.82, 2.24) is 14.4 Å². The summed E-state index contributed by atoms with van der Waals surface area (Å²) in [6.07, 6.45) is 15.8. The van der Waals surface area contributed by atoms with Gasteiger partial charge in [0, 0.05) is 23.5 Å². The van der Waals surface area contributed by atoms with Gasteiger partial charge in [-0.15, -0.1) is 0 Å². The fourth-order valence-corrected chi connectivity index (χ4v) is 4.64. The number of aromatic nitrogens is 3. The molecule has 200 valence electrons. The maximum Gasteiger partial charge on any atom is 0.277 e. The minimum atomic E-state index is -0.768. The molecular formula is C32H34N4O3. The summed E-state index contributed by atoms with van der Waals surface area (Å²) >= 11 is 0. The highest BCUT2D eigenvalue weighted by Crippen LogP contribution is 2.31. The van der Waals surface area contributed by atoms with Crippen LogP contribution in [0.1, 0.15) is 62.6 Å². The zero-order valence-corrected chi connectivity index (χ0v) is 22.8. The number of amides is 1. The molecule has 39 heavy (non-hydrogen) atoms. The van der Waals surface area contributed by atoms with Crippen LogP contribution >= 0.6 is 0 Å². The number of oxazole rings is 1. The number of aliphatic hydroxyl groups is 1. The Morgan fingerprint density at radius 2 is 1.97 bits per heavy atom. The summed E-state index contributed by atoms with van der Waals surface area (Å²) < 4.78 is 7.62. The van der Waals surface area contributed by atoms with E-state index in [9.17, 15) is 9.90 Å². The van der Waals surface area contributed by atoms with Gasteiger partial charge in [0.25, 0.3) is 5.91 Å². The van der Waals surface area contributed by atoms with E-state index < -0.39 is 5.60 Å². The topological polar surface area (TPSA) is 92.7 Å². The molecule has 7 heteroatoms. The molecule has 0 bridgehead atoms. The molecule has 0 fully saturated rings. The predicted octanol–water partition coefficient (Wildman–Crippen LogP) is 6.87. The largest absolute Gasteiger partial charge is 0.444 e. The van der Waals surface area contributed by atoms with Crippen LogP contribution in [0.3, 0.4) is 0 Å². The van der Waals surface area contributed by atoms with Crippen LogP contribution in [-0.2, 0) is 6.42 Å². The van der Waals surface area contributed by atoms with E-state index in [-0.39, 0.29) is 11.6 Å². The molecule has 0 aliphatic heterocycles. The standard InChI is InChI=1S/C32H34N4O3/c1-5-22-11-12-24(16-21(2)15-22)31-35-28(20-39-31)30(37)34-27-19-36-18-25(13-14-32(3,4)38)33-29(36)17-26(27)23-9-7-6-8-10-23/h6-12,15-20,22,38H,5,13-14H2,1-4H3,(H,34,37). The van der Waals surface area contributed by atoms with E-state index in [0.717, 1.165) is 40.0 Å². The lowest BCUT2D eigenvalue weighted by atomic mass is 10.0. The number of benzene rings is 1. The van der Waals surface area contributed by atoms with Crippen molar-refractivity contribution in [2.75, 3.05) is 5.32 Å². The van der Waals surface area contributed by atoms with Gasteiger partial charge in [0.05, 0.1) is 17.0 Å². The molecule has 0 saturated heterocycles. The molecule has 0 spiro atoms. The van der Waals surface area contributed by atoms with Crippen molar-refractivity contribution in [3.05, 3.63) is 102 Å². The van der Waals surface area contributed by atoms with Crippen LogP contribution in [0.2, 0.25) is 0 Å². The number of rotatable bonds is 8. The summed E-state index contributed by atoms with van der Waals surface area (Å²) in [6, 6.07) is 11.8. The van der Waals surface area contributed by atoms with E-state index in [4.69, 9.17) is 9.40 Å². The zero-order chi connectivity index (χ0) is 27.6. The first-order valence-corrected chi connectivity index (χ1v) is 13.3. The highest BCUT2D eigenvalue weighted by Gasteiger charge is 2.19. The van der Waals surface area contributed by atoms with E-state index in [1.54, 1.807) is 13.8 Å². The third kappa shape index (κ3) is 6.26. The van der Waals surface area contributed by atoms with Crippen LogP contribution < -0.4 is 5.32 Å². The summed E-state index contributed by atoms with van der Waals surface area (Å²) in [5, 5.41) is 13.2. The van der Waals surface area contributed by atoms with E-state index in [1.165, 1.54) is 6.26 Å². The minimum Gasteiger partial charge on any atom is -0.444 e. The normalized spacial score (nSPS) is 15.7. The molecular weight excluding hydrogens is 488 g/mol. The van der Waals surface area contributed by atoms with Gasteiger partial charge in [-0.05, 0) is 63.7 Å². The summed E-state index contributed by atoms with van der Waals surface area (Å²) in [6.45, 7) is 7.79. The van der Waals surface area contributed by atoms with Crippen LogP contribution in [0, 0.1) is 5.92 Å². The van der Waals surface area contributed by atoms with E-state index in [1.807, 2.05) is 65.3 Å². The summed E-state index contributed by atoms with van der Waals surface area (Å²) in [4.78, 5) is 22.6. The smallest absolute Gasteiger partial charge is 0.277 e. The van der Waals surface area contributed by atoms with Gasteiger partial charge < -0.3 is 19.2 Å². The number of fused-ring (bicyclic) bond motifs is 1. The number of carbonyl (C=O) groups excluding carboxylic acids is 1. The van der Waals surface area contributed by atoms with E-state index in [2.05, 4.69) is 36.3 Å². The minimum absolute atomic E-state index is 0.202. The highest BCUT2D eigenvalue weighted by molar-refractivity contribution is 6.05. The second-order valence-electron chi connectivity index (χ2n) is 10.7. The molecule has 0 saturated carbocycles. The molecule has 3 aromatic heterocycles. The van der Waals surface area contributed by atoms with Crippen molar-refractivity contribution in [1.29, 1.82) is 0 Å². The predicted molar refractivity (Wildman–Crippen MR) is 154 cm³/mol. The summed E-state index contributed by atoms with van der Waals surface area (Å²) in [7, 11) is 0. The van der Waals surface area contributed by atoms with Crippen LogP contribution in [0.15, 0.2) is 89.3 Å². The van der Waals surface area contributed by atoms with E-state index >= 15 is 0 Å². The van der Waals surface area contributed by atoms with Crippen LogP contribution in [0.25, 0.3) is 22.3 Å².